The highest BCUT2D eigenvalue weighted by Gasteiger charge is 2.01. The largest absolute Gasteiger partial charge is 0.494 e. The molecule has 1 amide bonds. The maximum atomic E-state index is 11.3. The zero-order valence-corrected chi connectivity index (χ0v) is 11.8. The molecule has 0 saturated heterocycles. The standard InChI is InChI=1S/C15H24N2O2/c1-12(2)13-5-7-14(8-6-13)19-11-3-4-15(18)17-10-9-16/h5-8,12H,3-4,9-11,16H2,1-2H3,(H,17,18). The highest BCUT2D eigenvalue weighted by atomic mass is 16.5. The van der Waals surface area contributed by atoms with Crippen LogP contribution in [0.15, 0.2) is 24.3 Å². The number of benzene rings is 1. The Balaban J connectivity index is 2.20. The summed E-state index contributed by atoms with van der Waals surface area (Å²) in [7, 11) is 0. The van der Waals surface area contributed by atoms with Crippen LogP contribution in [0.2, 0.25) is 0 Å². The minimum absolute atomic E-state index is 0.0317. The van der Waals surface area contributed by atoms with Crippen LogP contribution in [0.3, 0.4) is 0 Å². The Hall–Kier alpha value is -1.55. The van der Waals surface area contributed by atoms with Crippen LogP contribution >= 0.6 is 0 Å². The number of hydrogen-bond acceptors (Lipinski definition) is 3. The molecule has 0 spiro atoms. The molecule has 0 aliphatic rings. The van der Waals surface area contributed by atoms with Gasteiger partial charge in [-0.05, 0) is 30.0 Å². The topological polar surface area (TPSA) is 64.3 Å². The molecule has 0 aliphatic heterocycles. The first-order valence-corrected chi connectivity index (χ1v) is 6.83. The summed E-state index contributed by atoms with van der Waals surface area (Å²) in [4.78, 5) is 11.3. The average molecular weight is 264 g/mol. The van der Waals surface area contributed by atoms with Crippen LogP contribution in [0.25, 0.3) is 0 Å². The minimum atomic E-state index is 0.0317. The number of carbonyl (C=O) groups excluding carboxylic acids is 1. The first kappa shape index (κ1) is 15.5. The molecular weight excluding hydrogens is 240 g/mol. The van der Waals surface area contributed by atoms with Crippen molar-refractivity contribution in [1.82, 2.24) is 5.32 Å². The smallest absolute Gasteiger partial charge is 0.220 e. The number of ether oxygens (including phenoxy) is 1. The van der Waals surface area contributed by atoms with Gasteiger partial charge in [0.1, 0.15) is 5.75 Å². The molecular formula is C15H24N2O2. The Bertz CT molecular complexity index is 374. The third-order valence-corrected chi connectivity index (χ3v) is 2.83. The van der Waals surface area contributed by atoms with Crippen molar-refractivity contribution in [2.45, 2.75) is 32.6 Å². The summed E-state index contributed by atoms with van der Waals surface area (Å²) in [5.74, 6) is 1.41. The molecule has 0 aromatic heterocycles. The molecule has 0 heterocycles. The van der Waals surface area contributed by atoms with Crippen molar-refractivity contribution in [3.8, 4) is 5.75 Å². The normalized spacial score (nSPS) is 10.5. The fourth-order valence-corrected chi connectivity index (χ4v) is 1.67. The summed E-state index contributed by atoms with van der Waals surface area (Å²) in [6, 6.07) is 8.11. The number of hydrogen-bond donors (Lipinski definition) is 2. The van der Waals surface area contributed by atoms with Gasteiger partial charge in [-0.3, -0.25) is 4.79 Å². The Morgan fingerprint density at radius 3 is 2.58 bits per heavy atom. The molecule has 0 aliphatic carbocycles. The minimum Gasteiger partial charge on any atom is -0.494 e. The molecule has 0 bridgehead atoms. The maximum absolute atomic E-state index is 11.3. The summed E-state index contributed by atoms with van der Waals surface area (Å²) in [6.45, 7) is 5.89. The summed E-state index contributed by atoms with van der Waals surface area (Å²) in [5, 5.41) is 2.73. The van der Waals surface area contributed by atoms with E-state index in [-0.39, 0.29) is 5.91 Å². The third-order valence-electron chi connectivity index (χ3n) is 2.83. The van der Waals surface area contributed by atoms with E-state index in [0.29, 0.717) is 38.5 Å². The van der Waals surface area contributed by atoms with E-state index in [4.69, 9.17) is 10.5 Å². The monoisotopic (exact) mass is 264 g/mol. The molecule has 0 unspecified atom stereocenters. The number of amides is 1. The highest BCUT2D eigenvalue weighted by Crippen LogP contribution is 2.18. The fraction of sp³-hybridized carbons (Fsp3) is 0.533. The van der Waals surface area contributed by atoms with Crippen LogP contribution in [0.1, 0.15) is 38.2 Å². The number of nitrogens with one attached hydrogen (secondary N) is 1. The van der Waals surface area contributed by atoms with E-state index in [1.165, 1.54) is 5.56 Å². The molecule has 1 rings (SSSR count). The van der Waals surface area contributed by atoms with Gasteiger partial charge < -0.3 is 15.8 Å². The van der Waals surface area contributed by atoms with Gasteiger partial charge >= 0.3 is 0 Å². The predicted octanol–water partition coefficient (Wildman–Crippen LogP) is 2.04. The summed E-state index contributed by atoms with van der Waals surface area (Å²) in [6.07, 6.45) is 1.19. The second kappa shape index (κ2) is 8.53. The molecule has 106 valence electrons. The van der Waals surface area contributed by atoms with Crippen LogP contribution in [-0.2, 0) is 4.79 Å². The van der Waals surface area contributed by atoms with Crippen LogP contribution in [0.5, 0.6) is 5.75 Å². The van der Waals surface area contributed by atoms with Crippen molar-refractivity contribution >= 4 is 5.91 Å². The molecule has 1 aromatic rings. The zero-order valence-electron chi connectivity index (χ0n) is 11.8. The van der Waals surface area contributed by atoms with E-state index in [0.717, 1.165) is 5.75 Å². The second-order valence-electron chi connectivity index (χ2n) is 4.81. The van der Waals surface area contributed by atoms with Crippen LogP contribution in [0.4, 0.5) is 0 Å². The quantitative estimate of drug-likeness (QED) is 0.706. The van der Waals surface area contributed by atoms with E-state index in [1.54, 1.807) is 0 Å². The molecule has 0 fully saturated rings. The van der Waals surface area contributed by atoms with Crippen molar-refractivity contribution in [1.29, 1.82) is 0 Å². The molecule has 19 heavy (non-hydrogen) atoms. The van der Waals surface area contributed by atoms with E-state index >= 15 is 0 Å². The Kier molecular flexibility index (Phi) is 6.97. The molecule has 3 N–H and O–H groups in total. The molecule has 4 heteroatoms. The van der Waals surface area contributed by atoms with Gasteiger partial charge in [0.2, 0.25) is 5.91 Å². The lowest BCUT2D eigenvalue weighted by Crippen LogP contribution is -2.29. The third kappa shape index (κ3) is 6.25. The summed E-state index contributed by atoms with van der Waals surface area (Å²) < 4.78 is 5.59. The van der Waals surface area contributed by atoms with Crippen LogP contribution < -0.4 is 15.8 Å². The van der Waals surface area contributed by atoms with E-state index < -0.39 is 0 Å². The molecule has 0 radical (unpaired) electrons. The molecule has 4 nitrogen and oxygen atoms in total. The number of nitrogens with two attached hydrogens (primary N) is 1. The number of carbonyl (C=O) groups is 1. The van der Waals surface area contributed by atoms with Crippen molar-refractivity contribution in [3.63, 3.8) is 0 Å². The van der Waals surface area contributed by atoms with E-state index in [2.05, 4.69) is 31.3 Å². The lowest BCUT2D eigenvalue weighted by atomic mass is 10.0. The van der Waals surface area contributed by atoms with Crippen LogP contribution in [-0.4, -0.2) is 25.6 Å². The van der Waals surface area contributed by atoms with Gasteiger partial charge in [0.15, 0.2) is 0 Å². The Labute approximate surface area is 115 Å². The second-order valence-corrected chi connectivity index (χ2v) is 4.81. The lowest BCUT2D eigenvalue weighted by Gasteiger charge is -2.09. The molecule has 0 saturated carbocycles. The van der Waals surface area contributed by atoms with E-state index in [1.807, 2.05) is 12.1 Å². The fourth-order valence-electron chi connectivity index (χ4n) is 1.67. The highest BCUT2D eigenvalue weighted by molar-refractivity contribution is 5.75. The van der Waals surface area contributed by atoms with Crippen LogP contribution in [0, 0.1) is 0 Å². The summed E-state index contributed by atoms with van der Waals surface area (Å²) in [5.41, 5.74) is 6.60. The van der Waals surface area contributed by atoms with Gasteiger partial charge in [0.05, 0.1) is 6.61 Å². The number of rotatable bonds is 8. The van der Waals surface area contributed by atoms with Gasteiger partial charge in [-0.2, -0.15) is 0 Å². The predicted molar refractivity (Wildman–Crippen MR) is 77.3 cm³/mol. The Morgan fingerprint density at radius 2 is 2.00 bits per heavy atom. The first-order chi connectivity index (χ1) is 9.13. The van der Waals surface area contributed by atoms with Crippen molar-refractivity contribution in [2.24, 2.45) is 5.73 Å². The van der Waals surface area contributed by atoms with Crippen molar-refractivity contribution < 1.29 is 9.53 Å². The van der Waals surface area contributed by atoms with Crippen molar-refractivity contribution in [3.05, 3.63) is 29.8 Å². The van der Waals surface area contributed by atoms with Gasteiger partial charge in [-0.25, -0.2) is 0 Å². The van der Waals surface area contributed by atoms with Gasteiger partial charge in [0.25, 0.3) is 0 Å². The van der Waals surface area contributed by atoms with Gasteiger partial charge in [-0.1, -0.05) is 26.0 Å². The average Bonchev–Trinajstić information content (AvgIpc) is 2.41. The SMILES string of the molecule is CC(C)c1ccc(OCCCC(=O)NCCN)cc1. The van der Waals surface area contributed by atoms with E-state index in [9.17, 15) is 4.79 Å². The molecule has 0 atom stereocenters. The van der Waals surface area contributed by atoms with Gasteiger partial charge in [-0.15, -0.1) is 0 Å². The zero-order chi connectivity index (χ0) is 14.1. The lowest BCUT2D eigenvalue weighted by molar-refractivity contribution is -0.121. The van der Waals surface area contributed by atoms with Crippen molar-refractivity contribution in [2.75, 3.05) is 19.7 Å². The molecule has 1 aromatic carbocycles. The van der Waals surface area contributed by atoms with Gasteiger partial charge in [0, 0.05) is 19.5 Å². The summed E-state index contributed by atoms with van der Waals surface area (Å²) >= 11 is 0. The Morgan fingerprint density at radius 1 is 1.32 bits per heavy atom. The first-order valence-electron chi connectivity index (χ1n) is 6.83. The maximum Gasteiger partial charge on any atom is 0.220 e.